The molecule has 2 aliphatic rings. The molecule has 2 nitrogen and oxygen atoms in total. The number of hydrogen-bond acceptors (Lipinski definition) is 2. The zero-order valence-electron chi connectivity index (χ0n) is 13.0. The smallest absolute Gasteiger partial charge is 0.0695 e. The van der Waals surface area contributed by atoms with Crippen LogP contribution in [-0.2, 0) is 0 Å². The molecule has 3 unspecified atom stereocenters. The minimum atomic E-state index is -0.0821. The van der Waals surface area contributed by atoms with E-state index in [4.69, 9.17) is 0 Å². The molecule has 2 fully saturated rings. The number of aliphatic hydroxyl groups excluding tert-OH is 1. The normalized spacial score (nSPS) is 34.4. The van der Waals surface area contributed by atoms with E-state index < -0.39 is 0 Å². The van der Waals surface area contributed by atoms with E-state index in [1.807, 2.05) is 0 Å². The third kappa shape index (κ3) is 4.19. The van der Waals surface area contributed by atoms with Gasteiger partial charge in [0.05, 0.1) is 6.10 Å². The van der Waals surface area contributed by atoms with E-state index in [2.05, 4.69) is 18.9 Å². The van der Waals surface area contributed by atoms with Crippen LogP contribution in [0.3, 0.4) is 0 Å². The quantitative estimate of drug-likeness (QED) is 0.779. The molecule has 0 heterocycles. The average Bonchev–Trinajstić information content (AvgIpc) is 2.69. The summed E-state index contributed by atoms with van der Waals surface area (Å²) < 4.78 is 0. The largest absolute Gasteiger partial charge is 0.391 e. The fourth-order valence-corrected chi connectivity index (χ4v) is 4.26. The van der Waals surface area contributed by atoms with Gasteiger partial charge in [-0.05, 0) is 45.1 Å². The lowest BCUT2D eigenvalue weighted by Gasteiger charge is -2.42. The van der Waals surface area contributed by atoms with Crippen molar-refractivity contribution in [1.29, 1.82) is 0 Å². The summed E-state index contributed by atoms with van der Waals surface area (Å²) in [4.78, 5) is 2.55. The minimum Gasteiger partial charge on any atom is -0.391 e. The molecular weight excluding hydrogens is 234 g/mol. The van der Waals surface area contributed by atoms with Crippen LogP contribution in [0.5, 0.6) is 0 Å². The predicted octanol–water partition coefficient (Wildman–Crippen LogP) is 3.97. The van der Waals surface area contributed by atoms with Crippen molar-refractivity contribution < 1.29 is 5.11 Å². The number of likely N-dealkylation sites (N-methyl/N-ethyl adjacent to an activating group) is 1. The Morgan fingerprint density at radius 1 is 1.00 bits per heavy atom. The van der Waals surface area contributed by atoms with Crippen molar-refractivity contribution in [2.75, 3.05) is 7.05 Å². The monoisotopic (exact) mass is 267 g/mol. The van der Waals surface area contributed by atoms with E-state index in [9.17, 15) is 5.11 Å². The second-order valence-corrected chi connectivity index (χ2v) is 6.91. The van der Waals surface area contributed by atoms with Gasteiger partial charge in [0.1, 0.15) is 0 Å². The molecule has 2 heteroatoms. The predicted molar refractivity (Wildman–Crippen MR) is 81.3 cm³/mol. The molecule has 19 heavy (non-hydrogen) atoms. The van der Waals surface area contributed by atoms with Crippen LogP contribution in [0.15, 0.2) is 0 Å². The standard InChI is InChI=1S/C17H33NO/c1-3-8-14-11-12-17(19)16(13-14)18(2)15-9-6-4-5-7-10-15/h14-17,19H,3-13H2,1-2H3. The number of rotatable bonds is 4. The molecule has 0 aliphatic heterocycles. The highest BCUT2D eigenvalue weighted by Crippen LogP contribution is 2.33. The lowest BCUT2D eigenvalue weighted by atomic mass is 9.80. The lowest BCUT2D eigenvalue weighted by molar-refractivity contribution is -0.00742. The summed E-state index contributed by atoms with van der Waals surface area (Å²) in [6, 6.07) is 1.15. The van der Waals surface area contributed by atoms with E-state index in [-0.39, 0.29) is 6.10 Å². The minimum absolute atomic E-state index is 0.0821. The number of nitrogens with zero attached hydrogens (tertiary/aromatic N) is 1. The van der Waals surface area contributed by atoms with Gasteiger partial charge in [-0.25, -0.2) is 0 Å². The first-order valence-corrected chi connectivity index (χ1v) is 8.62. The molecule has 1 N–H and O–H groups in total. The van der Waals surface area contributed by atoms with Crippen molar-refractivity contribution in [2.24, 2.45) is 5.92 Å². The molecule has 0 aromatic heterocycles. The first-order valence-electron chi connectivity index (χ1n) is 8.62. The Kier molecular flexibility index (Phi) is 6.15. The van der Waals surface area contributed by atoms with Gasteiger partial charge in [-0.1, -0.05) is 45.4 Å². The molecule has 2 aliphatic carbocycles. The van der Waals surface area contributed by atoms with Crippen molar-refractivity contribution in [3.05, 3.63) is 0 Å². The number of aliphatic hydroxyl groups is 1. The Labute approximate surface area is 119 Å². The molecule has 0 radical (unpaired) electrons. The summed E-state index contributed by atoms with van der Waals surface area (Å²) in [5.41, 5.74) is 0. The van der Waals surface area contributed by atoms with Crippen molar-refractivity contribution in [3.63, 3.8) is 0 Å². The van der Waals surface area contributed by atoms with E-state index in [1.54, 1.807) is 0 Å². The van der Waals surface area contributed by atoms with Crippen LogP contribution in [0.2, 0.25) is 0 Å². The molecule has 0 bridgehead atoms. The fourth-order valence-electron chi connectivity index (χ4n) is 4.26. The van der Waals surface area contributed by atoms with E-state index in [1.165, 1.54) is 64.2 Å². The molecule has 2 rings (SSSR count). The van der Waals surface area contributed by atoms with Crippen molar-refractivity contribution >= 4 is 0 Å². The highest BCUT2D eigenvalue weighted by atomic mass is 16.3. The zero-order valence-corrected chi connectivity index (χ0v) is 13.0. The Bertz CT molecular complexity index is 248. The average molecular weight is 267 g/mol. The molecular formula is C17H33NO. The van der Waals surface area contributed by atoms with Gasteiger partial charge >= 0.3 is 0 Å². The van der Waals surface area contributed by atoms with Crippen molar-refractivity contribution in [3.8, 4) is 0 Å². The van der Waals surface area contributed by atoms with Crippen LogP contribution in [0, 0.1) is 5.92 Å². The van der Waals surface area contributed by atoms with Gasteiger partial charge in [0, 0.05) is 12.1 Å². The van der Waals surface area contributed by atoms with Crippen molar-refractivity contribution in [2.45, 2.75) is 95.7 Å². The maximum absolute atomic E-state index is 10.4. The van der Waals surface area contributed by atoms with E-state index in [0.29, 0.717) is 6.04 Å². The van der Waals surface area contributed by atoms with Gasteiger partial charge in [-0.15, -0.1) is 0 Å². The van der Waals surface area contributed by atoms with Crippen LogP contribution >= 0.6 is 0 Å². The summed E-state index contributed by atoms with van der Waals surface area (Å²) in [5.74, 6) is 0.853. The van der Waals surface area contributed by atoms with Crippen LogP contribution in [-0.4, -0.2) is 35.2 Å². The van der Waals surface area contributed by atoms with E-state index in [0.717, 1.165) is 18.4 Å². The summed E-state index contributed by atoms with van der Waals surface area (Å²) in [6.07, 6.45) is 14.3. The van der Waals surface area contributed by atoms with Gasteiger partial charge in [-0.3, -0.25) is 4.90 Å². The lowest BCUT2D eigenvalue weighted by Crippen LogP contribution is -2.49. The maximum atomic E-state index is 10.4. The van der Waals surface area contributed by atoms with Gasteiger partial charge in [-0.2, -0.15) is 0 Å². The van der Waals surface area contributed by atoms with Crippen LogP contribution in [0.4, 0.5) is 0 Å². The first kappa shape index (κ1) is 15.3. The summed E-state index contributed by atoms with van der Waals surface area (Å²) in [6.45, 7) is 2.29. The molecule has 0 saturated heterocycles. The van der Waals surface area contributed by atoms with Gasteiger partial charge in [0.15, 0.2) is 0 Å². The molecule has 0 spiro atoms. The summed E-state index contributed by atoms with van der Waals surface area (Å²) in [5, 5.41) is 10.4. The zero-order chi connectivity index (χ0) is 13.7. The topological polar surface area (TPSA) is 23.5 Å². The highest BCUT2D eigenvalue weighted by Gasteiger charge is 2.34. The molecule has 0 amide bonds. The first-order chi connectivity index (χ1) is 9.22. The Morgan fingerprint density at radius 3 is 2.32 bits per heavy atom. The molecule has 0 aromatic carbocycles. The fraction of sp³-hybridized carbons (Fsp3) is 1.00. The number of hydrogen-bond donors (Lipinski definition) is 1. The van der Waals surface area contributed by atoms with Gasteiger partial charge in [0.25, 0.3) is 0 Å². The van der Waals surface area contributed by atoms with Crippen LogP contribution in [0.25, 0.3) is 0 Å². The molecule has 0 aromatic rings. The SMILES string of the molecule is CCCC1CCC(O)C(N(C)C2CCCCCC2)C1. The van der Waals surface area contributed by atoms with E-state index >= 15 is 0 Å². The van der Waals surface area contributed by atoms with Crippen molar-refractivity contribution in [1.82, 2.24) is 4.90 Å². The Balaban J connectivity index is 1.92. The van der Waals surface area contributed by atoms with Gasteiger partial charge in [0.2, 0.25) is 0 Å². The Morgan fingerprint density at radius 2 is 1.68 bits per heavy atom. The third-order valence-electron chi connectivity index (χ3n) is 5.51. The second-order valence-electron chi connectivity index (χ2n) is 6.91. The molecule has 112 valence electrons. The second kappa shape index (κ2) is 7.64. The third-order valence-corrected chi connectivity index (χ3v) is 5.51. The van der Waals surface area contributed by atoms with Crippen LogP contribution < -0.4 is 0 Å². The molecule has 3 atom stereocenters. The molecule has 2 saturated carbocycles. The summed E-state index contributed by atoms with van der Waals surface area (Å²) in [7, 11) is 2.28. The Hall–Kier alpha value is -0.0800. The van der Waals surface area contributed by atoms with Gasteiger partial charge < -0.3 is 5.11 Å². The maximum Gasteiger partial charge on any atom is 0.0695 e. The van der Waals surface area contributed by atoms with Crippen LogP contribution in [0.1, 0.15) is 77.6 Å². The highest BCUT2D eigenvalue weighted by molar-refractivity contribution is 4.88. The summed E-state index contributed by atoms with van der Waals surface area (Å²) >= 11 is 0.